The molecule has 2 atom stereocenters. The van der Waals surface area contributed by atoms with Crippen LogP contribution in [0.4, 0.5) is 8.78 Å². The summed E-state index contributed by atoms with van der Waals surface area (Å²) in [5.41, 5.74) is -0.808. The first kappa shape index (κ1) is 19.8. The number of benzene rings is 1. The molecule has 0 radical (unpaired) electrons. The number of carbonyl (C=O) groups is 2. The van der Waals surface area contributed by atoms with Gasteiger partial charge in [-0.05, 0) is 25.0 Å². The summed E-state index contributed by atoms with van der Waals surface area (Å²) in [7, 11) is -3.31. The summed E-state index contributed by atoms with van der Waals surface area (Å²) in [6.07, 6.45) is 1.60. The van der Waals surface area contributed by atoms with Crippen LogP contribution in [0.5, 0.6) is 0 Å². The third-order valence-corrected chi connectivity index (χ3v) is 6.85. The molecule has 7 nitrogen and oxygen atoms in total. The number of hydrogen-bond donors (Lipinski definition) is 0. The molecule has 2 fully saturated rings. The highest BCUT2D eigenvalue weighted by Crippen LogP contribution is 2.33. The fourth-order valence-corrected chi connectivity index (χ4v) is 5.25. The quantitative estimate of drug-likeness (QED) is 0.708. The Morgan fingerprint density at radius 3 is 2.70 bits per heavy atom. The van der Waals surface area contributed by atoms with E-state index in [1.807, 2.05) is 0 Å². The summed E-state index contributed by atoms with van der Waals surface area (Å²) in [6.45, 7) is 0.136. The predicted octanol–water partition coefficient (Wildman–Crippen LogP) is 1.51. The van der Waals surface area contributed by atoms with Crippen LogP contribution in [0.1, 0.15) is 29.6 Å². The van der Waals surface area contributed by atoms with Crippen molar-refractivity contribution in [1.29, 1.82) is 0 Å². The second-order valence-corrected chi connectivity index (χ2v) is 8.37. The summed E-state index contributed by atoms with van der Waals surface area (Å²) in [5, 5.41) is 0. The SMILES string of the molecule is COC(=O)c1cc(S(=O)(=O)N2CCOC[C@H]2[C@H]2CCCC2=O)cc(F)c1F. The summed E-state index contributed by atoms with van der Waals surface area (Å²) in [6, 6.07) is 0.566. The van der Waals surface area contributed by atoms with Gasteiger partial charge in [-0.15, -0.1) is 0 Å². The molecule has 1 aliphatic carbocycles. The molecule has 0 aromatic heterocycles. The first-order valence-electron chi connectivity index (χ1n) is 8.47. The number of carbonyl (C=O) groups excluding carboxylic acids is 2. The van der Waals surface area contributed by atoms with Crippen LogP contribution < -0.4 is 0 Å². The Balaban J connectivity index is 2.03. The Hall–Kier alpha value is -1.91. The maximum Gasteiger partial charge on any atom is 0.341 e. The molecule has 1 aliphatic heterocycles. The van der Waals surface area contributed by atoms with Crippen LogP contribution in [0, 0.1) is 17.6 Å². The van der Waals surface area contributed by atoms with Crippen LogP contribution >= 0.6 is 0 Å². The smallest absolute Gasteiger partial charge is 0.341 e. The van der Waals surface area contributed by atoms with Crippen LogP contribution in [0.25, 0.3) is 0 Å². The summed E-state index contributed by atoms with van der Waals surface area (Å²) in [5.74, 6) is -4.67. The molecule has 0 unspecified atom stereocenters. The third-order valence-electron chi connectivity index (χ3n) is 4.94. The standard InChI is InChI=1S/C17H19F2NO6S/c1-25-17(22)12-7-10(8-13(18)16(12)19)27(23,24)20-5-6-26-9-14(20)11-3-2-4-15(11)21/h7-8,11,14H,2-6,9H2,1H3/t11-,14+/m1/s1. The number of morpholine rings is 1. The highest BCUT2D eigenvalue weighted by Gasteiger charge is 2.43. The summed E-state index contributed by atoms with van der Waals surface area (Å²) < 4.78 is 64.9. The van der Waals surface area contributed by atoms with Crippen molar-refractivity contribution in [3.63, 3.8) is 0 Å². The Morgan fingerprint density at radius 2 is 2.07 bits per heavy atom. The van der Waals surface area contributed by atoms with Gasteiger partial charge in [-0.1, -0.05) is 0 Å². The van der Waals surface area contributed by atoms with Crippen LogP contribution in [0.15, 0.2) is 17.0 Å². The second kappa shape index (κ2) is 7.61. The average molecular weight is 403 g/mol. The second-order valence-electron chi connectivity index (χ2n) is 6.48. The number of hydrogen-bond acceptors (Lipinski definition) is 6. The van der Waals surface area contributed by atoms with Gasteiger partial charge >= 0.3 is 5.97 Å². The van der Waals surface area contributed by atoms with Gasteiger partial charge in [0, 0.05) is 18.9 Å². The molecule has 27 heavy (non-hydrogen) atoms. The van der Waals surface area contributed by atoms with E-state index in [1.54, 1.807) is 0 Å². The minimum atomic E-state index is -4.29. The number of nitrogens with zero attached hydrogens (tertiary/aromatic N) is 1. The maximum atomic E-state index is 13.9. The number of Topliss-reactive ketones (excluding diaryl/α,β-unsaturated/α-hetero) is 1. The monoisotopic (exact) mass is 403 g/mol. The molecule has 0 N–H and O–H groups in total. The Kier molecular flexibility index (Phi) is 5.59. The first-order chi connectivity index (χ1) is 12.8. The molecule has 1 saturated heterocycles. The van der Waals surface area contributed by atoms with Crippen molar-refractivity contribution >= 4 is 21.8 Å². The molecule has 1 heterocycles. The van der Waals surface area contributed by atoms with Gasteiger partial charge in [0.1, 0.15) is 5.78 Å². The molecule has 0 bridgehead atoms. The minimum Gasteiger partial charge on any atom is -0.465 e. The molecule has 0 spiro atoms. The first-order valence-corrected chi connectivity index (χ1v) is 9.91. The molecule has 3 rings (SSSR count). The number of rotatable bonds is 4. The minimum absolute atomic E-state index is 0.0245. The van der Waals surface area contributed by atoms with Crippen molar-refractivity contribution in [2.45, 2.75) is 30.2 Å². The van der Waals surface area contributed by atoms with E-state index in [2.05, 4.69) is 4.74 Å². The number of ketones is 1. The van der Waals surface area contributed by atoms with Crippen LogP contribution in [0.3, 0.4) is 0 Å². The van der Waals surface area contributed by atoms with Crippen LogP contribution in [-0.2, 0) is 24.3 Å². The molecule has 148 valence electrons. The highest BCUT2D eigenvalue weighted by molar-refractivity contribution is 7.89. The van der Waals surface area contributed by atoms with Crippen molar-refractivity contribution in [1.82, 2.24) is 4.31 Å². The molecule has 0 amide bonds. The molecule has 2 aliphatic rings. The zero-order valence-corrected chi connectivity index (χ0v) is 15.4. The number of ether oxygens (including phenoxy) is 2. The molecular weight excluding hydrogens is 384 g/mol. The van der Waals surface area contributed by atoms with Crippen molar-refractivity contribution < 1.29 is 36.3 Å². The normalized spacial score (nSPS) is 24.2. The van der Waals surface area contributed by atoms with E-state index in [0.717, 1.165) is 17.5 Å². The van der Waals surface area contributed by atoms with Gasteiger partial charge in [0.2, 0.25) is 10.0 Å². The lowest BCUT2D eigenvalue weighted by Crippen LogP contribution is -2.52. The highest BCUT2D eigenvalue weighted by atomic mass is 32.2. The lowest BCUT2D eigenvalue weighted by atomic mass is 9.97. The summed E-state index contributed by atoms with van der Waals surface area (Å²) in [4.78, 5) is 23.2. The van der Waals surface area contributed by atoms with Gasteiger partial charge in [0.25, 0.3) is 0 Å². The van der Waals surface area contributed by atoms with E-state index in [9.17, 15) is 26.8 Å². The van der Waals surface area contributed by atoms with E-state index < -0.39 is 50.0 Å². The van der Waals surface area contributed by atoms with E-state index in [1.165, 1.54) is 0 Å². The molecule has 1 saturated carbocycles. The molecular formula is C17H19F2NO6S. The third kappa shape index (κ3) is 3.61. The van der Waals surface area contributed by atoms with E-state index in [-0.39, 0.29) is 25.5 Å². The largest absolute Gasteiger partial charge is 0.465 e. The van der Waals surface area contributed by atoms with Crippen LogP contribution in [0.2, 0.25) is 0 Å². The van der Waals surface area contributed by atoms with Gasteiger partial charge < -0.3 is 9.47 Å². The molecule has 1 aromatic rings. The van der Waals surface area contributed by atoms with Crippen LogP contribution in [-0.4, -0.2) is 57.4 Å². The molecule has 1 aromatic carbocycles. The number of sulfonamides is 1. The van der Waals surface area contributed by atoms with Crippen molar-refractivity contribution in [3.8, 4) is 0 Å². The zero-order valence-electron chi connectivity index (χ0n) is 14.6. The Labute approximate surface area is 155 Å². The number of halogens is 2. The lowest BCUT2D eigenvalue weighted by Gasteiger charge is -2.37. The van der Waals surface area contributed by atoms with Gasteiger partial charge in [0.15, 0.2) is 11.6 Å². The van der Waals surface area contributed by atoms with E-state index in [0.29, 0.717) is 25.3 Å². The van der Waals surface area contributed by atoms with Gasteiger partial charge in [0.05, 0.1) is 36.8 Å². The maximum absolute atomic E-state index is 13.9. The summed E-state index contributed by atoms with van der Waals surface area (Å²) >= 11 is 0. The van der Waals surface area contributed by atoms with Gasteiger partial charge in [-0.2, -0.15) is 4.31 Å². The average Bonchev–Trinajstić information content (AvgIpc) is 3.08. The van der Waals surface area contributed by atoms with Crippen molar-refractivity contribution in [2.75, 3.05) is 26.9 Å². The zero-order chi connectivity index (χ0) is 19.8. The lowest BCUT2D eigenvalue weighted by molar-refractivity contribution is -0.123. The fourth-order valence-electron chi connectivity index (χ4n) is 3.58. The Morgan fingerprint density at radius 1 is 1.33 bits per heavy atom. The fraction of sp³-hybridized carbons (Fsp3) is 0.529. The van der Waals surface area contributed by atoms with Crippen molar-refractivity contribution in [2.24, 2.45) is 5.92 Å². The van der Waals surface area contributed by atoms with Gasteiger partial charge in [-0.3, -0.25) is 4.79 Å². The van der Waals surface area contributed by atoms with E-state index >= 15 is 0 Å². The van der Waals surface area contributed by atoms with Gasteiger partial charge in [-0.25, -0.2) is 22.0 Å². The topological polar surface area (TPSA) is 90.0 Å². The number of esters is 1. The van der Waals surface area contributed by atoms with E-state index in [4.69, 9.17) is 4.74 Å². The molecule has 10 heteroatoms. The van der Waals surface area contributed by atoms with Crippen molar-refractivity contribution in [3.05, 3.63) is 29.3 Å². The number of methoxy groups -OCH3 is 1. The predicted molar refractivity (Wildman–Crippen MR) is 88.5 cm³/mol. The Bertz CT molecular complexity index is 872.